The number of carbonyl (C=O) groups excluding carboxylic acids is 1. The second-order valence-electron chi connectivity index (χ2n) is 5.90. The first-order valence-electron chi connectivity index (χ1n) is 8.22. The number of nitrogens with zero attached hydrogens (tertiary/aromatic N) is 1. The van der Waals surface area contributed by atoms with Gasteiger partial charge in [-0.1, -0.05) is 18.0 Å². The Kier molecular flexibility index (Phi) is 7.06. The van der Waals surface area contributed by atoms with Gasteiger partial charge >= 0.3 is 0 Å². The molecule has 1 saturated heterocycles. The lowest BCUT2D eigenvalue weighted by Crippen LogP contribution is -2.49. The molecule has 1 aliphatic heterocycles. The Balaban J connectivity index is 2.24. The molecule has 7 nitrogen and oxygen atoms in total. The normalized spacial score (nSPS) is 18.8. The number of sulfonamides is 1. The molecule has 0 radical (unpaired) electrons. The Morgan fingerprint density at radius 2 is 2.20 bits per heavy atom. The van der Waals surface area contributed by atoms with Gasteiger partial charge in [-0.05, 0) is 25.0 Å². The van der Waals surface area contributed by atoms with Crippen LogP contribution in [0.5, 0.6) is 5.75 Å². The molecular formula is C16H24ClN3O4S. The van der Waals surface area contributed by atoms with E-state index < -0.39 is 10.0 Å². The lowest BCUT2D eigenvalue weighted by molar-refractivity contribution is -0.121. The van der Waals surface area contributed by atoms with Crippen LogP contribution in [-0.4, -0.2) is 51.4 Å². The molecule has 0 bridgehead atoms. The molecule has 25 heavy (non-hydrogen) atoms. The van der Waals surface area contributed by atoms with E-state index in [1.54, 1.807) is 6.07 Å². The third-order valence-electron chi connectivity index (χ3n) is 4.20. The maximum atomic E-state index is 13.1. The van der Waals surface area contributed by atoms with E-state index in [1.807, 2.05) is 0 Å². The van der Waals surface area contributed by atoms with E-state index >= 15 is 0 Å². The van der Waals surface area contributed by atoms with Crippen molar-refractivity contribution in [2.24, 2.45) is 5.73 Å². The zero-order chi connectivity index (χ0) is 18.4. The lowest BCUT2D eigenvalue weighted by Gasteiger charge is -2.35. The average Bonchev–Trinajstić information content (AvgIpc) is 2.60. The summed E-state index contributed by atoms with van der Waals surface area (Å²) in [5.41, 5.74) is 5.36. The summed E-state index contributed by atoms with van der Waals surface area (Å²) < 4.78 is 32.8. The zero-order valence-electron chi connectivity index (χ0n) is 14.2. The molecule has 1 aliphatic rings. The summed E-state index contributed by atoms with van der Waals surface area (Å²) in [6.07, 6.45) is 2.59. The SMILES string of the molecule is COc1ccc(Cl)c(S(=O)(=O)N2CCCCC2CNC(=O)CCN)c1. The van der Waals surface area contributed by atoms with Crippen LogP contribution < -0.4 is 15.8 Å². The number of carbonyl (C=O) groups is 1. The number of hydrogen-bond donors (Lipinski definition) is 2. The molecule has 0 saturated carbocycles. The third kappa shape index (κ3) is 4.84. The van der Waals surface area contributed by atoms with Gasteiger partial charge in [0.25, 0.3) is 0 Å². The van der Waals surface area contributed by atoms with Gasteiger partial charge in [-0.25, -0.2) is 8.42 Å². The van der Waals surface area contributed by atoms with Crippen LogP contribution >= 0.6 is 11.6 Å². The standard InChI is InChI=1S/C16H24ClN3O4S/c1-24-13-5-6-14(17)15(10-13)25(22,23)20-9-3-2-4-12(20)11-19-16(21)7-8-18/h5-6,10,12H,2-4,7-9,11,18H2,1H3,(H,19,21). The average molecular weight is 390 g/mol. The van der Waals surface area contributed by atoms with Gasteiger partial charge in [0.2, 0.25) is 15.9 Å². The minimum Gasteiger partial charge on any atom is -0.497 e. The van der Waals surface area contributed by atoms with Crippen molar-refractivity contribution in [3.63, 3.8) is 0 Å². The van der Waals surface area contributed by atoms with Crippen molar-refractivity contribution in [1.29, 1.82) is 0 Å². The Labute approximate surface area is 153 Å². The number of rotatable bonds is 7. The van der Waals surface area contributed by atoms with Gasteiger partial charge in [-0.2, -0.15) is 4.31 Å². The molecule has 1 aromatic rings. The van der Waals surface area contributed by atoms with Crippen molar-refractivity contribution in [3.8, 4) is 5.75 Å². The number of amides is 1. The fourth-order valence-corrected chi connectivity index (χ4v) is 5.06. The Hall–Kier alpha value is -1.35. The molecule has 0 aliphatic carbocycles. The van der Waals surface area contributed by atoms with E-state index in [0.717, 1.165) is 12.8 Å². The van der Waals surface area contributed by atoms with Crippen LogP contribution in [-0.2, 0) is 14.8 Å². The van der Waals surface area contributed by atoms with E-state index in [0.29, 0.717) is 18.7 Å². The predicted molar refractivity (Wildman–Crippen MR) is 96.2 cm³/mol. The highest BCUT2D eigenvalue weighted by atomic mass is 35.5. The molecule has 0 spiro atoms. The highest BCUT2D eigenvalue weighted by molar-refractivity contribution is 7.89. The predicted octanol–water partition coefficient (Wildman–Crippen LogP) is 1.36. The Bertz CT molecular complexity index is 711. The molecular weight excluding hydrogens is 366 g/mol. The van der Waals surface area contributed by atoms with Crippen molar-refractivity contribution in [2.45, 2.75) is 36.6 Å². The van der Waals surface area contributed by atoms with Crippen LogP contribution in [0.15, 0.2) is 23.1 Å². The summed E-state index contributed by atoms with van der Waals surface area (Å²) in [6.45, 7) is 0.922. The van der Waals surface area contributed by atoms with E-state index in [9.17, 15) is 13.2 Å². The smallest absolute Gasteiger partial charge is 0.245 e. The fraction of sp³-hybridized carbons (Fsp3) is 0.562. The number of nitrogens with one attached hydrogen (secondary N) is 1. The van der Waals surface area contributed by atoms with Gasteiger partial charge in [0.1, 0.15) is 10.6 Å². The van der Waals surface area contributed by atoms with Crippen LogP contribution in [0.4, 0.5) is 0 Å². The van der Waals surface area contributed by atoms with Gasteiger partial charge in [0, 0.05) is 38.2 Å². The van der Waals surface area contributed by atoms with Crippen LogP contribution in [0.25, 0.3) is 0 Å². The van der Waals surface area contributed by atoms with Crippen molar-refractivity contribution in [3.05, 3.63) is 23.2 Å². The third-order valence-corrected chi connectivity index (χ3v) is 6.64. The van der Waals surface area contributed by atoms with Gasteiger partial charge < -0.3 is 15.8 Å². The lowest BCUT2D eigenvalue weighted by atomic mass is 10.1. The van der Waals surface area contributed by atoms with Gasteiger partial charge in [-0.3, -0.25) is 4.79 Å². The van der Waals surface area contributed by atoms with Crippen LogP contribution in [0.3, 0.4) is 0 Å². The van der Waals surface area contributed by atoms with Crippen LogP contribution in [0.1, 0.15) is 25.7 Å². The molecule has 1 fully saturated rings. The maximum absolute atomic E-state index is 13.1. The van der Waals surface area contributed by atoms with E-state index in [-0.39, 0.29) is 41.4 Å². The molecule has 2 rings (SSSR count). The largest absolute Gasteiger partial charge is 0.497 e. The highest BCUT2D eigenvalue weighted by Gasteiger charge is 2.35. The summed E-state index contributed by atoms with van der Waals surface area (Å²) in [7, 11) is -2.32. The first-order chi connectivity index (χ1) is 11.9. The van der Waals surface area contributed by atoms with Gasteiger partial charge in [0.05, 0.1) is 12.1 Å². The number of benzene rings is 1. The first kappa shape index (κ1) is 20.0. The van der Waals surface area contributed by atoms with E-state index in [4.69, 9.17) is 22.1 Å². The Morgan fingerprint density at radius 1 is 1.44 bits per heavy atom. The monoisotopic (exact) mass is 389 g/mol. The van der Waals surface area contributed by atoms with Crippen LogP contribution in [0, 0.1) is 0 Å². The quantitative estimate of drug-likeness (QED) is 0.733. The maximum Gasteiger partial charge on any atom is 0.245 e. The topological polar surface area (TPSA) is 102 Å². The molecule has 0 aromatic heterocycles. The van der Waals surface area contributed by atoms with Crippen molar-refractivity contribution in [2.75, 3.05) is 26.7 Å². The van der Waals surface area contributed by atoms with Gasteiger partial charge in [-0.15, -0.1) is 0 Å². The van der Waals surface area contributed by atoms with E-state index in [2.05, 4.69) is 5.32 Å². The molecule has 1 heterocycles. The number of ether oxygens (including phenoxy) is 1. The van der Waals surface area contributed by atoms with Gasteiger partial charge in [0.15, 0.2) is 0 Å². The molecule has 1 atom stereocenters. The molecule has 9 heteroatoms. The summed E-state index contributed by atoms with van der Waals surface area (Å²) in [5, 5.41) is 2.91. The molecule has 3 N–H and O–H groups in total. The highest BCUT2D eigenvalue weighted by Crippen LogP contribution is 2.32. The number of hydrogen-bond acceptors (Lipinski definition) is 5. The van der Waals surface area contributed by atoms with Crippen LogP contribution in [0.2, 0.25) is 5.02 Å². The minimum atomic E-state index is -3.79. The summed E-state index contributed by atoms with van der Waals surface area (Å²) in [5.74, 6) is 0.248. The number of nitrogens with two attached hydrogens (primary N) is 1. The number of piperidine rings is 1. The summed E-state index contributed by atoms with van der Waals surface area (Å²) >= 11 is 6.13. The van der Waals surface area contributed by atoms with E-state index in [1.165, 1.54) is 23.5 Å². The molecule has 140 valence electrons. The summed E-state index contributed by atoms with van der Waals surface area (Å²) in [6, 6.07) is 4.25. The molecule has 1 amide bonds. The second kappa shape index (κ2) is 8.84. The molecule has 1 aromatic carbocycles. The Morgan fingerprint density at radius 3 is 2.88 bits per heavy atom. The fourth-order valence-electron chi connectivity index (χ4n) is 2.88. The van der Waals surface area contributed by atoms with Crippen molar-refractivity contribution < 1.29 is 17.9 Å². The zero-order valence-corrected chi connectivity index (χ0v) is 15.8. The van der Waals surface area contributed by atoms with Crippen molar-refractivity contribution in [1.82, 2.24) is 9.62 Å². The number of halogens is 1. The minimum absolute atomic E-state index is 0.0219. The second-order valence-corrected chi connectivity index (χ2v) is 8.17. The van der Waals surface area contributed by atoms with Crippen molar-refractivity contribution >= 4 is 27.5 Å². The molecule has 1 unspecified atom stereocenters. The summed E-state index contributed by atoms with van der Waals surface area (Å²) in [4.78, 5) is 11.7. The first-order valence-corrected chi connectivity index (χ1v) is 10.0. The number of methoxy groups -OCH3 is 1.